The SMILES string of the molecule is CCOc1ccc(/C(O)=C2/C(=O)C(=O)N(c3ccc(CC)cc3)C2c2ccc(C)o2)c(OCC)c1. The summed E-state index contributed by atoms with van der Waals surface area (Å²) in [6.07, 6.45) is 0.845. The molecule has 0 radical (unpaired) electrons. The Morgan fingerprint density at radius 1 is 0.971 bits per heavy atom. The third-order valence-electron chi connectivity index (χ3n) is 5.92. The van der Waals surface area contributed by atoms with E-state index in [1.807, 2.05) is 32.9 Å². The molecule has 1 amide bonds. The Bertz CT molecular complexity index is 1270. The van der Waals surface area contributed by atoms with Gasteiger partial charge in [-0.25, -0.2) is 0 Å². The van der Waals surface area contributed by atoms with Crippen LogP contribution in [0.25, 0.3) is 5.76 Å². The summed E-state index contributed by atoms with van der Waals surface area (Å²) >= 11 is 0. The topological polar surface area (TPSA) is 89.2 Å². The van der Waals surface area contributed by atoms with Crippen molar-refractivity contribution in [3.05, 3.63) is 82.8 Å². The van der Waals surface area contributed by atoms with Gasteiger partial charge in [0.2, 0.25) is 0 Å². The largest absolute Gasteiger partial charge is 0.507 e. The first kappa shape index (κ1) is 24.1. The molecule has 3 aromatic rings. The first-order valence-corrected chi connectivity index (χ1v) is 11.8. The van der Waals surface area contributed by atoms with Crippen molar-refractivity contribution >= 4 is 23.1 Å². The fourth-order valence-corrected chi connectivity index (χ4v) is 4.24. The molecule has 0 spiro atoms. The molecule has 0 bridgehead atoms. The van der Waals surface area contributed by atoms with Gasteiger partial charge in [-0.1, -0.05) is 19.1 Å². The summed E-state index contributed by atoms with van der Waals surface area (Å²) in [6.45, 7) is 8.33. The number of carbonyl (C=O) groups is 2. The summed E-state index contributed by atoms with van der Waals surface area (Å²) in [5, 5.41) is 11.4. The molecule has 7 nitrogen and oxygen atoms in total. The van der Waals surface area contributed by atoms with Gasteiger partial charge in [0.25, 0.3) is 11.7 Å². The predicted molar refractivity (Wildman–Crippen MR) is 133 cm³/mol. The molecule has 1 aliphatic rings. The van der Waals surface area contributed by atoms with Gasteiger partial charge >= 0.3 is 0 Å². The lowest BCUT2D eigenvalue weighted by atomic mass is 9.98. The van der Waals surface area contributed by atoms with Crippen molar-refractivity contribution in [3.63, 3.8) is 0 Å². The van der Waals surface area contributed by atoms with Crippen LogP contribution in [-0.4, -0.2) is 30.0 Å². The number of furan rings is 1. The number of benzene rings is 2. The average Bonchev–Trinajstić information content (AvgIpc) is 3.40. The number of aliphatic hydroxyl groups is 1. The first-order valence-electron chi connectivity index (χ1n) is 11.8. The second-order valence-corrected chi connectivity index (χ2v) is 8.16. The second kappa shape index (κ2) is 10.1. The smallest absolute Gasteiger partial charge is 0.300 e. The third-order valence-corrected chi connectivity index (χ3v) is 5.92. The highest BCUT2D eigenvalue weighted by molar-refractivity contribution is 6.51. The van der Waals surface area contributed by atoms with Gasteiger partial charge in [0.1, 0.15) is 34.8 Å². The number of hydrogen-bond donors (Lipinski definition) is 1. The van der Waals surface area contributed by atoms with Crippen LogP contribution in [0.5, 0.6) is 11.5 Å². The zero-order valence-corrected chi connectivity index (χ0v) is 20.3. The number of carbonyl (C=O) groups excluding carboxylic acids is 2. The number of ether oxygens (including phenoxy) is 2. The molecule has 1 unspecified atom stereocenters. The van der Waals surface area contributed by atoms with Crippen molar-refractivity contribution in [3.8, 4) is 11.5 Å². The highest BCUT2D eigenvalue weighted by Crippen LogP contribution is 2.44. The molecule has 1 aromatic heterocycles. The quantitative estimate of drug-likeness (QED) is 0.260. The molecule has 1 N–H and O–H groups in total. The molecule has 2 heterocycles. The van der Waals surface area contributed by atoms with E-state index in [-0.39, 0.29) is 11.3 Å². The minimum Gasteiger partial charge on any atom is -0.507 e. The lowest BCUT2D eigenvalue weighted by molar-refractivity contribution is -0.132. The Morgan fingerprint density at radius 2 is 1.69 bits per heavy atom. The van der Waals surface area contributed by atoms with Crippen LogP contribution in [-0.2, 0) is 16.0 Å². The summed E-state index contributed by atoms with van der Waals surface area (Å²) in [4.78, 5) is 28.0. The maximum absolute atomic E-state index is 13.3. The van der Waals surface area contributed by atoms with E-state index in [1.165, 1.54) is 4.90 Å². The van der Waals surface area contributed by atoms with Crippen molar-refractivity contribution in [1.29, 1.82) is 0 Å². The predicted octanol–water partition coefficient (Wildman–Crippen LogP) is 5.57. The van der Waals surface area contributed by atoms with E-state index < -0.39 is 17.7 Å². The van der Waals surface area contributed by atoms with Crippen LogP contribution >= 0.6 is 0 Å². The van der Waals surface area contributed by atoms with Gasteiger partial charge < -0.3 is 19.0 Å². The number of anilines is 1. The number of hydrogen-bond acceptors (Lipinski definition) is 6. The second-order valence-electron chi connectivity index (χ2n) is 8.16. The summed E-state index contributed by atoms with van der Waals surface area (Å²) in [6, 6.07) is 14.9. The van der Waals surface area contributed by atoms with Crippen LogP contribution in [0.1, 0.15) is 49.5 Å². The molecule has 182 valence electrons. The Morgan fingerprint density at radius 3 is 2.29 bits per heavy atom. The Hall–Kier alpha value is -4.00. The van der Waals surface area contributed by atoms with E-state index in [0.29, 0.717) is 47.5 Å². The minimum absolute atomic E-state index is 0.0611. The summed E-state index contributed by atoms with van der Waals surface area (Å²) in [5.74, 6) is 0.0680. The van der Waals surface area contributed by atoms with E-state index in [1.54, 1.807) is 49.4 Å². The van der Waals surface area contributed by atoms with Gasteiger partial charge in [-0.15, -0.1) is 0 Å². The highest BCUT2D eigenvalue weighted by Gasteiger charge is 2.48. The Labute approximate surface area is 204 Å². The number of nitrogens with zero attached hydrogens (tertiary/aromatic N) is 1. The Kier molecular flexibility index (Phi) is 6.96. The summed E-state index contributed by atoms with van der Waals surface area (Å²) < 4.78 is 17.2. The van der Waals surface area contributed by atoms with Crippen LogP contribution in [0.2, 0.25) is 0 Å². The van der Waals surface area contributed by atoms with Crippen LogP contribution in [0.3, 0.4) is 0 Å². The molecule has 0 aliphatic carbocycles. The molecular formula is C28H29NO6. The molecule has 4 rings (SSSR count). The number of amides is 1. The van der Waals surface area contributed by atoms with Gasteiger partial charge in [-0.3, -0.25) is 14.5 Å². The lowest BCUT2D eigenvalue weighted by Crippen LogP contribution is -2.29. The monoisotopic (exact) mass is 475 g/mol. The first-order chi connectivity index (χ1) is 16.9. The molecule has 7 heteroatoms. The highest BCUT2D eigenvalue weighted by atomic mass is 16.5. The molecule has 1 fully saturated rings. The normalized spacial score (nSPS) is 17.1. The van der Waals surface area contributed by atoms with Gasteiger partial charge in [-0.2, -0.15) is 0 Å². The fourth-order valence-electron chi connectivity index (χ4n) is 4.24. The zero-order valence-electron chi connectivity index (χ0n) is 20.3. The standard InChI is InChI=1S/C28H29NO6/c1-5-18-9-11-19(12-10-18)29-25(22-15-8-17(4)35-22)24(27(31)28(29)32)26(30)21-14-13-20(33-6-2)16-23(21)34-7-3/h8-16,25,30H,5-7H2,1-4H3/b26-24-. The molecular weight excluding hydrogens is 446 g/mol. The average molecular weight is 476 g/mol. The molecule has 2 aromatic carbocycles. The fraction of sp³-hybridized carbons (Fsp3) is 0.286. The number of rotatable bonds is 8. The van der Waals surface area contributed by atoms with E-state index in [2.05, 4.69) is 0 Å². The van der Waals surface area contributed by atoms with Crippen molar-refractivity contribution in [2.75, 3.05) is 18.1 Å². The van der Waals surface area contributed by atoms with Crippen molar-refractivity contribution in [1.82, 2.24) is 0 Å². The van der Waals surface area contributed by atoms with Crippen molar-refractivity contribution < 1.29 is 28.6 Å². The molecule has 35 heavy (non-hydrogen) atoms. The van der Waals surface area contributed by atoms with Gasteiger partial charge in [0.15, 0.2) is 0 Å². The van der Waals surface area contributed by atoms with Crippen molar-refractivity contribution in [2.45, 2.75) is 40.2 Å². The van der Waals surface area contributed by atoms with Gasteiger partial charge in [0.05, 0.1) is 24.4 Å². The lowest BCUT2D eigenvalue weighted by Gasteiger charge is -2.24. The molecule has 1 saturated heterocycles. The number of aliphatic hydroxyl groups excluding tert-OH is 1. The number of Topliss-reactive ketones (excluding diaryl/α,β-unsaturated/α-hetero) is 1. The van der Waals surface area contributed by atoms with Crippen LogP contribution in [0, 0.1) is 6.92 Å². The maximum Gasteiger partial charge on any atom is 0.300 e. The summed E-state index contributed by atoms with van der Waals surface area (Å²) in [7, 11) is 0. The zero-order chi connectivity index (χ0) is 25.1. The van der Waals surface area contributed by atoms with E-state index >= 15 is 0 Å². The minimum atomic E-state index is -0.933. The Balaban J connectivity index is 1.90. The van der Waals surface area contributed by atoms with Crippen LogP contribution in [0.15, 0.2) is 64.6 Å². The number of ketones is 1. The molecule has 1 atom stereocenters. The van der Waals surface area contributed by atoms with Gasteiger partial charge in [0, 0.05) is 11.8 Å². The van der Waals surface area contributed by atoms with Crippen molar-refractivity contribution in [2.24, 2.45) is 0 Å². The van der Waals surface area contributed by atoms with Crippen LogP contribution < -0.4 is 14.4 Å². The molecule has 1 aliphatic heterocycles. The third kappa shape index (κ3) is 4.54. The van der Waals surface area contributed by atoms with E-state index in [9.17, 15) is 14.7 Å². The number of aryl methyl sites for hydroxylation is 2. The van der Waals surface area contributed by atoms with E-state index in [4.69, 9.17) is 13.9 Å². The maximum atomic E-state index is 13.3. The van der Waals surface area contributed by atoms with Gasteiger partial charge in [-0.05, 0) is 69.2 Å². The summed E-state index contributed by atoms with van der Waals surface area (Å²) in [5.41, 5.74) is 1.88. The molecule has 0 saturated carbocycles. The van der Waals surface area contributed by atoms with E-state index in [0.717, 1.165) is 12.0 Å². The van der Waals surface area contributed by atoms with Crippen LogP contribution in [0.4, 0.5) is 5.69 Å².